The lowest BCUT2D eigenvalue weighted by molar-refractivity contribution is -0.133. The molecule has 0 aliphatic carbocycles. The van der Waals surface area contributed by atoms with Gasteiger partial charge in [-0.3, -0.25) is 9.59 Å². The molecule has 1 saturated heterocycles. The molecule has 0 aromatic carbocycles. The van der Waals surface area contributed by atoms with E-state index in [-0.39, 0.29) is 17.9 Å². The zero-order valence-electron chi connectivity index (χ0n) is 11.0. The van der Waals surface area contributed by atoms with E-state index < -0.39 is 0 Å². The van der Waals surface area contributed by atoms with Crippen molar-refractivity contribution in [3.8, 4) is 0 Å². The normalized spacial score (nSPS) is 19.2. The van der Waals surface area contributed by atoms with Gasteiger partial charge in [0.1, 0.15) is 0 Å². The van der Waals surface area contributed by atoms with Gasteiger partial charge >= 0.3 is 0 Å². The molecule has 0 bridgehead atoms. The zero-order chi connectivity index (χ0) is 13.7. The third-order valence-corrected chi connectivity index (χ3v) is 4.06. The minimum atomic E-state index is -0.101. The lowest BCUT2D eigenvalue weighted by atomic mass is 10.2. The molecule has 2 heterocycles. The summed E-state index contributed by atoms with van der Waals surface area (Å²) >= 11 is 1.40. The fourth-order valence-electron chi connectivity index (χ4n) is 2.13. The lowest BCUT2D eigenvalue weighted by Crippen LogP contribution is -2.52. The van der Waals surface area contributed by atoms with Crippen molar-refractivity contribution in [3.63, 3.8) is 0 Å². The van der Waals surface area contributed by atoms with Crippen molar-refractivity contribution in [3.05, 3.63) is 22.4 Å². The third-order valence-electron chi connectivity index (χ3n) is 3.19. The summed E-state index contributed by atoms with van der Waals surface area (Å²) in [5.41, 5.74) is 0. The van der Waals surface area contributed by atoms with Crippen LogP contribution in [0.15, 0.2) is 17.5 Å². The first-order valence-corrected chi connectivity index (χ1v) is 7.38. The SMILES string of the molecule is C[C@H]1CNCCN1C(=O)CCNC(=O)c1cccs1. The van der Waals surface area contributed by atoms with E-state index in [2.05, 4.69) is 10.6 Å². The predicted octanol–water partition coefficient (Wildman–Crippen LogP) is 0.688. The van der Waals surface area contributed by atoms with E-state index in [1.165, 1.54) is 11.3 Å². The van der Waals surface area contributed by atoms with E-state index in [4.69, 9.17) is 0 Å². The summed E-state index contributed by atoms with van der Waals surface area (Å²) in [6.07, 6.45) is 0.363. The second kappa shape index (κ2) is 6.68. The van der Waals surface area contributed by atoms with E-state index in [1.54, 1.807) is 6.07 Å². The Balaban J connectivity index is 1.73. The van der Waals surface area contributed by atoms with Crippen LogP contribution >= 0.6 is 11.3 Å². The Morgan fingerprint density at radius 3 is 3.11 bits per heavy atom. The van der Waals surface area contributed by atoms with Crippen LogP contribution in [0.1, 0.15) is 23.0 Å². The molecule has 5 nitrogen and oxygen atoms in total. The summed E-state index contributed by atoms with van der Waals surface area (Å²) in [6.45, 7) is 4.87. The number of nitrogens with zero attached hydrogens (tertiary/aromatic N) is 1. The zero-order valence-corrected chi connectivity index (χ0v) is 11.8. The summed E-state index contributed by atoms with van der Waals surface area (Å²) in [4.78, 5) is 26.3. The van der Waals surface area contributed by atoms with Crippen LogP contribution in [0.4, 0.5) is 0 Å². The second-order valence-electron chi connectivity index (χ2n) is 4.62. The van der Waals surface area contributed by atoms with E-state index in [0.717, 1.165) is 19.6 Å². The molecule has 2 rings (SSSR count). The summed E-state index contributed by atoms with van der Waals surface area (Å²) in [7, 11) is 0. The minimum absolute atomic E-state index is 0.101. The molecule has 1 aliphatic heterocycles. The van der Waals surface area contributed by atoms with Crippen LogP contribution < -0.4 is 10.6 Å². The second-order valence-corrected chi connectivity index (χ2v) is 5.57. The number of nitrogens with one attached hydrogen (secondary N) is 2. The summed E-state index contributed by atoms with van der Waals surface area (Å²) in [5, 5.41) is 7.89. The van der Waals surface area contributed by atoms with Crippen molar-refractivity contribution in [2.24, 2.45) is 0 Å². The Bertz CT molecular complexity index is 433. The van der Waals surface area contributed by atoms with Gasteiger partial charge in [0.25, 0.3) is 5.91 Å². The Labute approximate surface area is 117 Å². The van der Waals surface area contributed by atoms with Crippen LogP contribution in [-0.4, -0.2) is 48.9 Å². The first-order valence-electron chi connectivity index (χ1n) is 6.50. The number of amides is 2. The molecule has 1 aliphatic rings. The summed E-state index contributed by atoms with van der Waals surface area (Å²) in [6, 6.07) is 3.85. The van der Waals surface area contributed by atoms with Crippen LogP contribution in [0, 0.1) is 0 Å². The van der Waals surface area contributed by atoms with Gasteiger partial charge in [-0.05, 0) is 18.4 Å². The number of thiophene rings is 1. The molecule has 0 spiro atoms. The lowest BCUT2D eigenvalue weighted by Gasteiger charge is -2.34. The number of piperazine rings is 1. The minimum Gasteiger partial charge on any atom is -0.351 e. The Morgan fingerprint density at radius 2 is 2.42 bits per heavy atom. The monoisotopic (exact) mass is 281 g/mol. The summed E-state index contributed by atoms with van der Waals surface area (Å²) < 4.78 is 0. The highest BCUT2D eigenvalue weighted by Gasteiger charge is 2.22. The van der Waals surface area contributed by atoms with Crippen molar-refractivity contribution in [2.45, 2.75) is 19.4 Å². The maximum absolute atomic E-state index is 12.0. The quantitative estimate of drug-likeness (QED) is 0.853. The molecule has 0 radical (unpaired) electrons. The van der Waals surface area contributed by atoms with Gasteiger partial charge in [0.15, 0.2) is 0 Å². The molecule has 1 aromatic rings. The van der Waals surface area contributed by atoms with E-state index in [0.29, 0.717) is 17.8 Å². The van der Waals surface area contributed by atoms with Gasteiger partial charge in [-0.1, -0.05) is 6.07 Å². The van der Waals surface area contributed by atoms with Crippen molar-refractivity contribution in [1.29, 1.82) is 0 Å². The summed E-state index contributed by atoms with van der Waals surface area (Å²) in [5.74, 6) is 0.0108. The highest BCUT2D eigenvalue weighted by atomic mass is 32.1. The molecule has 2 N–H and O–H groups in total. The van der Waals surface area contributed by atoms with Crippen LogP contribution in [0.5, 0.6) is 0 Å². The molecule has 0 saturated carbocycles. The molecular formula is C13H19N3O2S. The van der Waals surface area contributed by atoms with Gasteiger partial charge in [0, 0.05) is 38.6 Å². The van der Waals surface area contributed by atoms with Gasteiger partial charge in [0.05, 0.1) is 4.88 Å². The van der Waals surface area contributed by atoms with Crippen LogP contribution in [0.3, 0.4) is 0 Å². The predicted molar refractivity (Wildman–Crippen MR) is 75.3 cm³/mol. The van der Waals surface area contributed by atoms with Crippen LogP contribution in [0.25, 0.3) is 0 Å². The van der Waals surface area contributed by atoms with E-state index in [1.807, 2.05) is 23.3 Å². The molecule has 104 valence electrons. The van der Waals surface area contributed by atoms with Crippen LogP contribution in [-0.2, 0) is 4.79 Å². The van der Waals surface area contributed by atoms with Crippen molar-refractivity contribution >= 4 is 23.2 Å². The number of carbonyl (C=O) groups excluding carboxylic acids is 2. The van der Waals surface area contributed by atoms with E-state index >= 15 is 0 Å². The average molecular weight is 281 g/mol. The highest BCUT2D eigenvalue weighted by Crippen LogP contribution is 2.08. The van der Waals surface area contributed by atoms with Gasteiger partial charge in [-0.15, -0.1) is 11.3 Å². The standard InChI is InChI=1S/C13H19N3O2S/c1-10-9-14-6-7-16(10)12(17)4-5-15-13(18)11-3-2-8-19-11/h2-3,8,10,14H,4-7,9H2,1H3,(H,15,18)/t10-/m0/s1. The van der Waals surface area contributed by atoms with E-state index in [9.17, 15) is 9.59 Å². The van der Waals surface area contributed by atoms with Gasteiger partial charge in [-0.25, -0.2) is 0 Å². The number of carbonyl (C=O) groups is 2. The average Bonchev–Trinajstić information content (AvgIpc) is 2.93. The van der Waals surface area contributed by atoms with Crippen molar-refractivity contribution in [2.75, 3.05) is 26.2 Å². The Kier molecular flexibility index (Phi) is 4.93. The molecular weight excluding hydrogens is 262 g/mol. The van der Waals surface area contributed by atoms with Crippen LogP contribution in [0.2, 0.25) is 0 Å². The highest BCUT2D eigenvalue weighted by molar-refractivity contribution is 7.12. The third kappa shape index (κ3) is 3.78. The molecule has 1 aromatic heterocycles. The fourth-order valence-corrected chi connectivity index (χ4v) is 2.77. The number of hydrogen-bond donors (Lipinski definition) is 2. The molecule has 1 fully saturated rings. The Hall–Kier alpha value is -1.40. The fraction of sp³-hybridized carbons (Fsp3) is 0.538. The first-order chi connectivity index (χ1) is 9.18. The molecule has 19 heavy (non-hydrogen) atoms. The first kappa shape index (κ1) is 14.0. The maximum Gasteiger partial charge on any atom is 0.261 e. The largest absolute Gasteiger partial charge is 0.351 e. The smallest absolute Gasteiger partial charge is 0.261 e. The molecule has 1 atom stereocenters. The van der Waals surface area contributed by atoms with Gasteiger partial charge in [-0.2, -0.15) is 0 Å². The topological polar surface area (TPSA) is 61.4 Å². The van der Waals surface area contributed by atoms with Crippen molar-refractivity contribution in [1.82, 2.24) is 15.5 Å². The Morgan fingerprint density at radius 1 is 1.58 bits per heavy atom. The number of hydrogen-bond acceptors (Lipinski definition) is 4. The molecule has 2 amide bonds. The number of rotatable bonds is 4. The maximum atomic E-state index is 12.0. The van der Waals surface area contributed by atoms with Crippen molar-refractivity contribution < 1.29 is 9.59 Å². The van der Waals surface area contributed by atoms with Gasteiger partial charge in [0.2, 0.25) is 5.91 Å². The molecule has 6 heteroatoms. The molecule has 0 unspecified atom stereocenters. The van der Waals surface area contributed by atoms with Gasteiger partial charge < -0.3 is 15.5 Å².